The maximum atomic E-state index is 13.8. The Kier molecular flexibility index (Phi) is 5.50. The first-order valence-electron chi connectivity index (χ1n) is 14.1. The molecule has 5 aliphatic rings. The van der Waals surface area contributed by atoms with Crippen molar-refractivity contribution < 1.29 is 14.3 Å². The summed E-state index contributed by atoms with van der Waals surface area (Å²) in [6.45, 7) is 9.75. The second-order valence-electron chi connectivity index (χ2n) is 12.9. The first-order chi connectivity index (χ1) is 16.3. The lowest BCUT2D eigenvalue weighted by atomic mass is 9.47. The maximum Gasteiger partial charge on any atom is 0.341 e. The van der Waals surface area contributed by atoms with Gasteiger partial charge in [0.05, 0.1) is 24.9 Å². The molecule has 5 fully saturated rings. The maximum absolute atomic E-state index is 13.8. The number of Topliss-reactive ketones (excluding diaryl/α,β-unsaturated/α-hetero) is 1. The molecule has 5 nitrogen and oxygen atoms in total. The van der Waals surface area contributed by atoms with E-state index >= 15 is 0 Å². The third-order valence-corrected chi connectivity index (χ3v) is 11.4. The molecule has 0 bridgehead atoms. The minimum atomic E-state index is -0.365. The van der Waals surface area contributed by atoms with Crippen LogP contribution in [-0.2, 0) is 16.1 Å². The molecule has 11 atom stereocenters. The van der Waals surface area contributed by atoms with Crippen molar-refractivity contribution in [3.63, 3.8) is 0 Å². The molecule has 0 spiro atoms. The number of hydrogen-bond acceptors (Lipinski definition) is 4. The predicted molar refractivity (Wildman–Crippen MR) is 130 cm³/mol. The fraction of sp³-hybridized carbons (Fsp3) is 0.828. The summed E-state index contributed by atoms with van der Waals surface area (Å²) in [5.74, 6) is 7.42. The van der Waals surface area contributed by atoms with Crippen LogP contribution in [0.3, 0.4) is 0 Å². The molecule has 0 aromatic carbocycles. The second-order valence-corrected chi connectivity index (χ2v) is 12.9. The van der Waals surface area contributed by atoms with E-state index < -0.39 is 0 Å². The van der Waals surface area contributed by atoms with Crippen molar-refractivity contribution in [3.8, 4) is 0 Å². The summed E-state index contributed by atoms with van der Waals surface area (Å²) < 4.78 is 6.75. The molecule has 0 radical (unpaired) electrons. The molecular formula is C29H42N2O3. The number of ether oxygens (including phenoxy) is 1. The van der Waals surface area contributed by atoms with E-state index in [-0.39, 0.29) is 23.8 Å². The summed E-state index contributed by atoms with van der Waals surface area (Å²) in [5.41, 5.74) is 0.577. The molecule has 0 saturated heterocycles. The van der Waals surface area contributed by atoms with Crippen molar-refractivity contribution in [1.29, 1.82) is 0 Å². The number of hydrogen-bond donors (Lipinski definition) is 0. The Labute approximate surface area is 204 Å². The number of esters is 1. The van der Waals surface area contributed by atoms with Gasteiger partial charge in [0.2, 0.25) is 0 Å². The number of fused-ring (bicyclic) bond motifs is 7. The molecule has 2 unspecified atom stereocenters. The highest BCUT2D eigenvalue weighted by atomic mass is 16.5. The highest BCUT2D eigenvalue weighted by Crippen LogP contribution is 2.76. The molecule has 34 heavy (non-hydrogen) atoms. The summed E-state index contributed by atoms with van der Waals surface area (Å²) in [7, 11) is 0. The molecule has 5 heteroatoms. The van der Waals surface area contributed by atoms with E-state index in [4.69, 9.17) is 4.74 Å². The second kappa shape index (κ2) is 8.20. The number of ketones is 1. The SMILES string of the molecule is CCOC(=O)c1cnn(CC(=O)[C@H]2[C@@H]3C(C4[C@@H]5CC[C@@H]6C[C@@H](C)CC[C@@H]6[C@H]5CC[C@@]42C)[C@@H]3C)c1. The van der Waals surface area contributed by atoms with Crippen LogP contribution < -0.4 is 0 Å². The van der Waals surface area contributed by atoms with Crippen molar-refractivity contribution in [2.75, 3.05) is 6.61 Å². The van der Waals surface area contributed by atoms with Crippen LogP contribution in [0, 0.1) is 64.6 Å². The summed E-state index contributed by atoms with van der Waals surface area (Å²) in [5, 5.41) is 4.33. The minimum Gasteiger partial charge on any atom is -0.462 e. The molecule has 1 heterocycles. The Balaban J connectivity index is 1.21. The number of carbonyl (C=O) groups is 2. The number of carbonyl (C=O) groups excluding carboxylic acids is 2. The van der Waals surface area contributed by atoms with Gasteiger partial charge in [-0.1, -0.05) is 27.2 Å². The van der Waals surface area contributed by atoms with Crippen molar-refractivity contribution in [3.05, 3.63) is 18.0 Å². The smallest absolute Gasteiger partial charge is 0.341 e. The first-order valence-corrected chi connectivity index (χ1v) is 14.1. The zero-order valence-electron chi connectivity index (χ0n) is 21.4. The Morgan fingerprint density at radius 1 is 1.09 bits per heavy atom. The van der Waals surface area contributed by atoms with E-state index in [1.807, 2.05) is 0 Å². The lowest BCUT2D eigenvalue weighted by molar-refractivity contribution is -0.135. The number of aromatic nitrogens is 2. The van der Waals surface area contributed by atoms with Gasteiger partial charge in [-0.2, -0.15) is 5.10 Å². The van der Waals surface area contributed by atoms with Gasteiger partial charge < -0.3 is 4.74 Å². The fourth-order valence-electron chi connectivity index (χ4n) is 10.1. The predicted octanol–water partition coefficient (Wildman–Crippen LogP) is 5.64. The van der Waals surface area contributed by atoms with E-state index in [1.165, 1.54) is 51.1 Å². The molecule has 6 rings (SSSR count). The number of rotatable bonds is 5. The van der Waals surface area contributed by atoms with Crippen LogP contribution in [-0.4, -0.2) is 28.1 Å². The van der Waals surface area contributed by atoms with Crippen LogP contribution in [0.5, 0.6) is 0 Å². The van der Waals surface area contributed by atoms with E-state index in [0.717, 1.165) is 41.4 Å². The largest absolute Gasteiger partial charge is 0.462 e. The van der Waals surface area contributed by atoms with Crippen molar-refractivity contribution in [2.45, 2.75) is 79.2 Å². The zero-order chi connectivity index (χ0) is 23.8. The van der Waals surface area contributed by atoms with E-state index in [9.17, 15) is 9.59 Å². The summed E-state index contributed by atoms with van der Waals surface area (Å²) in [4.78, 5) is 25.8. The number of nitrogens with zero attached hydrogens (tertiary/aromatic N) is 2. The van der Waals surface area contributed by atoms with Gasteiger partial charge in [0, 0.05) is 12.1 Å². The molecule has 1 aromatic rings. The van der Waals surface area contributed by atoms with E-state index in [0.29, 0.717) is 29.8 Å². The molecule has 0 aliphatic heterocycles. The Morgan fingerprint density at radius 2 is 1.88 bits per heavy atom. The van der Waals surface area contributed by atoms with Crippen LogP contribution in [0.15, 0.2) is 12.4 Å². The lowest BCUT2D eigenvalue weighted by Gasteiger charge is -2.57. The first kappa shape index (κ1) is 22.8. The van der Waals surface area contributed by atoms with Crippen molar-refractivity contribution in [2.24, 2.45) is 64.6 Å². The molecule has 5 saturated carbocycles. The van der Waals surface area contributed by atoms with Crippen LogP contribution in [0.25, 0.3) is 0 Å². The van der Waals surface area contributed by atoms with Crippen molar-refractivity contribution >= 4 is 11.8 Å². The standard InChI is InChI=1S/C29H42N2O3/c1-5-34-28(33)19-13-30-31(14-19)15-23(32)27-25-17(3)24(25)26-22-9-7-18-12-16(2)6-8-20(18)21(22)10-11-29(26,27)4/h13-14,16-18,20-22,24-27H,5-12,15H2,1-4H3/t16-,17-,18+,20-,21+,22+,24?,25-,26?,27-,29-/m0/s1. The Morgan fingerprint density at radius 3 is 2.68 bits per heavy atom. The molecular weight excluding hydrogens is 424 g/mol. The Hall–Kier alpha value is -1.65. The van der Waals surface area contributed by atoms with Crippen LogP contribution >= 0.6 is 0 Å². The average Bonchev–Trinajstić information content (AvgIpc) is 3.13. The monoisotopic (exact) mass is 466 g/mol. The van der Waals surface area contributed by atoms with Gasteiger partial charge in [0.1, 0.15) is 0 Å². The molecule has 1 aromatic heterocycles. The van der Waals surface area contributed by atoms with Gasteiger partial charge in [0.15, 0.2) is 5.78 Å². The van der Waals surface area contributed by atoms with Crippen molar-refractivity contribution in [1.82, 2.24) is 9.78 Å². The summed E-state index contributed by atoms with van der Waals surface area (Å²) >= 11 is 0. The molecule has 186 valence electrons. The average molecular weight is 467 g/mol. The van der Waals surface area contributed by atoms with Gasteiger partial charge in [-0.15, -0.1) is 0 Å². The Bertz CT molecular complexity index is 970. The van der Waals surface area contributed by atoms with E-state index in [2.05, 4.69) is 25.9 Å². The normalized spacial score (nSPS) is 46.6. The van der Waals surface area contributed by atoms with Crippen LogP contribution in [0.4, 0.5) is 0 Å². The highest BCUT2D eigenvalue weighted by Gasteiger charge is 2.73. The van der Waals surface area contributed by atoms with E-state index in [1.54, 1.807) is 17.8 Å². The molecule has 0 N–H and O–H groups in total. The van der Waals surface area contributed by atoms with Gasteiger partial charge in [-0.05, 0) is 104 Å². The highest BCUT2D eigenvalue weighted by molar-refractivity contribution is 5.89. The van der Waals surface area contributed by atoms with Crippen LogP contribution in [0.2, 0.25) is 0 Å². The summed E-state index contributed by atoms with van der Waals surface area (Å²) in [6, 6.07) is 0. The minimum absolute atomic E-state index is 0.145. The van der Waals surface area contributed by atoms with Crippen LogP contribution in [0.1, 0.15) is 83.0 Å². The molecule has 5 aliphatic carbocycles. The zero-order valence-corrected chi connectivity index (χ0v) is 21.4. The van der Waals surface area contributed by atoms with Gasteiger partial charge in [-0.25, -0.2) is 4.79 Å². The lowest BCUT2D eigenvalue weighted by Crippen LogP contribution is -2.51. The third-order valence-electron chi connectivity index (χ3n) is 11.4. The summed E-state index contributed by atoms with van der Waals surface area (Å²) in [6.07, 6.45) is 12.9. The van der Waals surface area contributed by atoms with Gasteiger partial charge >= 0.3 is 5.97 Å². The fourth-order valence-corrected chi connectivity index (χ4v) is 10.1. The van der Waals surface area contributed by atoms with Gasteiger partial charge in [-0.3, -0.25) is 9.48 Å². The third kappa shape index (κ3) is 3.35. The van der Waals surface area contributed by atoms with Gasteiger partial charge in [0.25, 0.3) is 0 Å². The topological polar surface area (TPSA) is 61.2 Å². The quantitative estimate of drug-likeness (QED) is 0.527. The molecule has 0 amide bonds.